The van der Waals surface area contributed by atoms with Gasteiger partial charge in [0, 0.05) is 21.5 Å². The number of hydrogen-bond acceptors (Lipinski definition) is 1. The average Bonchev–Trinajstić information content (AvgIpc) is 3.49. The first kappa shape index (κ1) is 28.1. The Bertz CT molecular complexity index is 2670. The van der Waals surface area contributed by atoms with E-state index in [1.165, 1.54) is 82.1 Å². The molecule has 8 aromatic rings. The van der Waals surface area contributed by atoms with Crippen LogP contribution in [0.4, 0.5) is 0 Å². The largest absolute Gasteiger partial charge is 0.381 e. The Kier molecular flexibility index (Phi) is 6.62. The zero-order chi connectivity index (χ0) is 32.2. The van der Waals surface area contributed by atoms with E-state index in [0.717, 1.165) is 5.57 Å². The van der Waals surface area contributed by atoms with Crippen LogP contribution >= 0.6 is 0 Å². The minimum atomic E-state index is 0.137. The van der Waals surface area contributed by atoms with E-state index in [9.17, 15) is 0 Å². The normalized spacial score (nSPS) is 14.8. The summed E-state index contributed by atoms with van der Waals surface area (Å²) in [5.74, 6) is 0. The van der Waals surface area contributed by atoms with Crippen molar-refractivity contribution in [3.8, 4) is 16.8 Å². The molecule has 1 N–H and O–H groups in total. The Morgan fingerprint density at radius 2 is 1.40 bits per heavy atom. The van der Waals surface area contributed by atoms with Crippen LogP contribution in [0.1, 0.15) is 24.1 Å². The van der Waals surface area contributed by atoms with Crippen molar-refractivity contribution in [2.24, 2.45) is 0 Å². The molecular weight excluding hydrogens is 581 g/mol. The second-order valence-corrected chi connectivity index (χ2v) is 12.6. The van der Waals surface area contributed by atoms with Gasteiger partial charge in [0.15, 0.2) is 0 Å². The summed E-state index contributed by atoms with van der Waals surface area (Å²) in [5, 5.41) is 13.4. The number of allylic oxidation sites excluding steroid dienone is 5. The van der Waals surface area contributed by atoms with Gasteiger partial charge in [0.25, 0.3) is 0 Å². The fourth-order valence-electron chi connectivity index (χ4n) is 7.54. The zero-order valence-electron chi connectivity index (χ0n) is 26.8. The van der Waals surface area contributed by atoms with Crippen LogP contribution in [0.2, 0.25) is 0 Å². The molecule has 0 radical (unpaired) electrons. The van der Waals surface area contributed by atoms with Gasteiger partial charge in [-0.05, 0) is 98.9 Å². The average molecular weight is 615 g/mol. The Balaban J connectivity index is 1.26. The molecule has 0 spiro atoms. The smallest absolute Gasteiger partial charge is 0.0696 e. The summed E-state index contributed by atoms with van der Waals surface area (Å²) in [6, 6.07) is 47.4. The van der Waals surface area contributed by atoms with Gasteiger partial charge in [0.05, 0.1) is 22.8 Å². The van der Waals surface area contributed by atoms with Gasteiger partial charge in [-0.15, -0.1) is 0 Å². The zero-order valence-corrected chi connectivity index (χ0v) is 26.8. The van der Waals surface area contributed by atoms with Crippen LogP contribution in [-0.2, 0) is 0 Å². The molecule has 1 unspecified atom stereocenters. The molecular formula is C46H34N2. The predicted molar refractivity (Wildman–Crippen MR) is 207 cm³/mol. The molecule has 0 saturated heterocycles. The lowest BCUT2D eigenvalue weighted by atomic mass is 9.96. The maximum Gasteiger partial charge on any atom is 0.0696 e. The van der Waals surface area contributed by atoms with Gasteiger partial charge < -0.3 is 9.88 Å². The fraction of sp³-hybridized carbons (Fsp3) is 0.0435. The molecule has 2 heteroatoms. The minimum absolute atomic E-state index is 0.137. The monoisotopic (exact) mass is 614 g/mol. The van der Waals surface area contributed by atoms with Crippen molar-refractivity contribution in [2.45, 2.75) is 13.0 Å². The SMILES string of the molecule is C=C/C(=C\C)c1ccc2cc(-c3ccc4c(ccc5c6ccc(C7C=CC=CN7)cc6n(-c6cccc7ccccc67)c45)c3)ccc2c1. The topological polar surface area (TPSA) is 17.0 Å². The molecule has 1 aromatic heterocycles. The van der Waals surface area contributed by atoms with Crippen LogP contribution in [0.15, 0.2) is 171 Å². The maximum absolute atomic E-state index is 3.98. The Morgan fingerprint density at radius 1 is 0.646 bits per heavy atom. The summed E-state index contributed by atoms with van der Waals surface area (Å²) in [6.45, 7) is 6.04. The van der Waals surface area contributed by atoms with Crippen molar-refractivity contribution in [1.82, 2.24) is 9.88 Å². The number of fused-ring (bicyclic) bond motifs is 7. The summed E-state index contributed by atoms with van der Waals surface area (Å²) in [4.78, 5) is 0. The van der Waals surface area contributed by atoms with Gasteiger partial charge >= 0.3 is 0 Å². The van der Waals surface area contributed by atoms with Crippen LogP contribution in [-0.4, -0.2) is 4.57 Å². The van der Waals surface area contributed by atoms with Crippen LogP contribution in [0.5, 0.6) is 0 Å². The summed E-state index contributed by atoms with van der Waals surface area (Å²) >= 11 is 0. The minimum Gasteiger partial charge on any atom is -0.381 e. The van der Waals surface area contributed by atoms with Crippen molar-refractivity contribution < 1.29 is 0 Å². The third-order valence-electron chi connectivity index (χ3n) is 9.96. The van der Waals surface area contributed by atoms with Crippen molar-refractivity contribution in [3.05, 3.63) is 182 Å². The number of dihydropyridines is 1. The third kappa shape index (κ3) is 4.49. The Labute approximate surface area is 280 Å². The van der Waals surface area contributed by atoms with Gasteiger partial charge in [0.1, 0.15) is 0 Å². The van der Waals surface area contributed by atoms with Crippen LogP contribution in [0.3, 0.4) is 0 Å². The molecule has 1 aliphatic heterocycles. The summed E-state index contributed by atoms with van der Waals surface area (Å²) in [5.41, 5.74) is 9.67. The molecule has 0 bridgehead atoms. The quantitative estimate of drug-likeness (QED) is 0.191. The first-order valence-corrected chi connectivity index (χ1v) is 16.6. The second kappa shape index (κ2) is 11.3. The molecule has 0 aliphatic carbocycles. The second-order valence-electron chi connectivity index (χ2n) is 12.6. The van der Waals surface area contributed by atoms with Gasteiger partial charge in [-0.25, -0.2) is 0 Å². The van der Waals surface area contributed by atoms with Gasteiger partial charge in [0.2, 0.25) is 0 Å². The molecule has 48 heavy (non-hydrogen) atoms. The molecule has 228 valence electrons. The summed E-state index contributed by atoms with van der Waals surface area (Å²) in [6.07, 6.45) is 12.4. The van der Waals surface area contributed by atoms with Gasteiger partial charge in [-0.3, -0.25) is 0 Å². The van der Waals surface area contributed by atoms with Crippen molar-refractivity contribution in [1.29, 1.82) is 0 Å². The molecule has 7 aromatic carbocycles. The highest BCUT2D eigenvalue weighted by Gasteiger charge is 2.19. The molecule has 2 nitrogen and oxygen atoms in total. The van der Waals surface area contributed by atoms with Gasteiger partial charge in [-0.1, -0.05) is 128 Å². The standard InChI is InChI=1S/C46H34N2/c1-3-30(4-2)32-15-16-34-27-35(18-17-33(34)26-32)36-19-22-40-37(28-36)20-24-42-41-23-21-38(43-13-7-8-25-47-43)29-45(41)48(46(40)42)44-14-9-11-31-10-5-6-12-39(31)44/h3-29,43,47H,1H2,2H3/b30-4+. The summed E-state index contributed by atoms with van der Waals surface area (Å²) in [7, 11) is 0. The first-order valence-electron chi connectivity index (χ1n) is 16.6. The summed E-state index contributed by atoms with van der Waals surface area (Å²) < 4.78 is 2.50. The van der Waals surface area contributed by atoms with Crippen molar-refractivity contribution >= 4 is 59.7 Å². The van der Waals surface area contributed by atoms with E-state index in [1.54, 1.807) is 0 Å². The predicted octanol–water partition coefficient (Wildman–Crippen LogP) is 12.2. The van der Waals surface area contributed by atoms with Crippen LogP contribution < -0.4 is 5.32 Å². The lowest BCUT2D eigenvalue weighted by Gasteiger charge is -2.17. The molecule has 2 heterocycles. The Hall–Kier alpha value is -6.12. The highest BCUT2D eigenvalue weighted by atomic mass is 15.0. The third-order valence-corrected chi connectivity index (χ3v) is 9.96. The highest BCUT2D eigenvalue weighted by Crippen LogP contribution is 2.40. The van der Waals surface area contributed by atoms with Crippen LogP contribution in [0.25, 0.3) is 76.5 Å². The molecule has 1 atom stereocenters. The molecule has 0 fully saturated rings. The number of rotatable bonds is 5. The van der Waals surface area contributed by atoms with Crippen molar-refractivity contribution in [3.63, 3.8) is 0 Å². The number of nitrogens with one attached hydrogen (secondary N) is 1. The van der Waals surface area contributed by atoms with Crippen LogP contribution in [0, 0.1) is 0 Å². The lowest BCUT2D eigenvalue weighted by molar-refractivity contribution is 0.747. The molecule has 0 saturated carbocycles. The maximum atomic E-state index is 3.98. The van der Waals surface area contributed by atoms with E-state index in [2.05, 4.69) is 169 Å². The van der Waals surface area contributed by atoms with E-state index in [1.807, 2.05) is 18.4 Å². The fourth-order valence-corrected chi connectivity index (χ4v) is 7.54. The van der Waals surface area contributed by atoms with E-state index < -0.39 is 0 Å². The highest BCUT2D eigenvalue weighted by molar-refractivity contribution is 6.19. The number of hydrogen-bond donors (Lipinski definition) is 1. The van der Waals surface area contributed by atoms with E-state index >= 15 is 0 Å². The Morgan fingerprint density at radius 3 is 2.25 bits per heavy atom. The molecule has 9 rings (SSSR count). The molecule has 1 aliphatic rings. The first-order chi connectivity index (χ1) is 23.7. The lowest BCUT2D eigenvalue weighted by Crippen LogP contribution is -2.14. The van der Waals surface area contributed by atoms with E-state index in [0.29, 0.717) is 0 Å². The van der Waals surface area contributed by atoms with E-state index in [4.69, 9.17) is 0 Å². The van der Waals surface area contributed by atoms with Gasteiger partial charge in [-0.2, -0.15) is 0 Å². The molecule has 0 amide bonds. The number of nitrogens with zero attached hydrogens (tertiary/aromatic N) is 1. The number of aromatic nitrogens is 1. The van der Waals surface area contributed by atoms with E-state index in [-0.39, 0.29) is 6.04 Å². The number of benzene rings is 7. The van der Waals surface area contributed by atoms with Crippen molar-refractivity contribution in [2.75, 3.05) is 0 Å².